The number of ether oxygens (including phenoxy) is 2. The van der Waals surface area contributed by atoms with Gasteiger partial charge in [-0.3, -0.25) is 15.1 Å². The van der Waals surface area contributed by atoms with Crippen LogP contribution in [0.25, 0.3) is 0 Å². The molecule has 2 amide bonds. The Morgan fingerprint density at radius 1 is 1.18 bits per heavy atom. The van der Waals surface area contributed by atoms with Crippen LogP contribution in [-0.4, -0.2) is 71.9 Å². The molecule has 0 spiro atoms. The molecule has 1 aromatic heterocycles. The molecule has 3 atom stereocenters. The summed E-state index contributed by atoms with van der Waals surface area (Å²) < 4.78 is 28.7. The minimum Gasteiger partial charge on any atom is -0.444 e. The van der Waals surface area contributed by atoms with Crippen LogP contribution >= 0.6 is 0 Å². The molecule has 238 valence electrons. The van der Waals surface area contributed by atoms with Gasteiger partial charge in [0, 0.05) is 24.1 Å². The van der Waals surface area contributed by atoms with Gasteiger partial charge in [-0.1, -0.05) is 30.3 Å². The molecule has 45 heavy (non-hydrogen) atoms. The van der Waals surface area contributed by atoms with Crippen LogP contribution in [0, 0.1) is 5.82 Å². The lowest BCUT2D eigenvalue weighted by Gasteiger charge is -2.36. The highest BCUT2D eigenvalue weighted by Crippen LogP contribution is 2.39. The van der Waals surface area contributed by atoms with Gasteiger partial charge in [0.15, 0.2) is 17.9 Å². The first-order valence-electron chi connectivity index (χ1n) is 15.0. The van der Waals surface area contributed by atoms with Crippen molar-refractivity contribution >= 4 is 17.7 Å². The van der Waals surface area contributed by atoms with Crippen LogP contribution in [0.3, 0.4) is 0 Å². The van der Waals surface area contributed by atoms with Crippen LogP contribution in [0.2, 0.25) is 0 Å². The van der Waals surface area contributed by atoms with E-state index in [1.807, 2.05) is 35.8 Å². The van der Waals surface area contributed by atoms with E-state index in [-0.39, 0.29) is 31.3 Å². The van der Waals surface area contributed by atoms with E-state index in [2.05, 4.69) is 20.7 Å². The Morgan fingerprint density at radius 3 is 2.69 bits per heavy atom. The van der Waals surface area contributed by atoms with Crippen molar-refractivity contribution in [3.8, 4) is 0 Å². The number of fused-ring (bicyclic) bond motifs is 2. The summed E-state index contributed by atoms with van der Waals surface area (Å²) in [5.41, 5.74) is 3.91. The number of rotatable bonds is 4. The molecule has 1 fully saturated rings. The molecule has 0 bridgehead atoms. The molecule has 2 N–H and O–H groups in total. The number of carbonyl (C=O) groups is 2. The second-order valence-electron chi connectivity index (χ2n) is 13.2. The van der Waals surface area contributed by atoms with Crippen LogP contribution in [0.5, 0.6) is 0 Å². The third-order valence-corrected chi connectivity index (χ3v) is 8.23. The third kappa shape index (κ3) is 5.77. The number of aromatic nitrogens is 3. The molecule has 0 radical (unpaired) electrons. The highest BCUT2D eigenvalue weighted by Gasteiger charge is 2.49. The number of halogens is 1. The number of amides is 2. The predicted molar refractivity (Wildman–Crippen MR) is 161 cm³/mol. The first-order valence-corrected chi connectivity index (χ1v) is 15.0. The molecule has 2 aromatic carbocycles. The van der Waals surface area contributed by atoms with Gasteiger partial charge in [-0.2, -0.15) is 5.10 Å². The van der Waals surface area contributed by atoms with Gasteiger partial charge < -0.3 is 24.0 Å². The van der Waals surface area contributed by atoms with Gasteiger partial charge in [-0.25, -0.2) is 9.18 Å². The Labute approximate surface area is 260 Å². The lowest BCUT2D eigenvalue weighted by atomic mass is 9.95. The quantitative estimate of drug-likeness (QED) is 0.444. The van der Waals surface area contributed by atoms with Gasteiger partial charge in [0.05, 0.1) is 30.5 Å². The zero-order chi connectivity index (χ0) is 32.3. The van der Waals surface area contributed by atoms with E-state index in [9.17, 15) is 14.7 Å². The van der Waals surface area contributed by atoms with Crippen molar-refractivity contribution in [1.29, 1.82) is 0 Å². The minimum atomic E-state index is -0.928. The summed E-state index contributed by atoms with van der Waals surface area (Å²) in [7, 11) is 0. The Bertz CT molecular complexity index is 1680. The zero-order valence-electron chi connectivity index (χ0n) is 26.2. The van der Waals surface area contributed by atoms with Gasteiger partial charge in [-0.05, 0) is 59.2 Å². The molecule has 13 heteroatoms. The average molecular weight is 620 g/mol. The van der Waals surface area contributed by atoms with Gasteiger partial charge in [0.2, 0.25) is 0 Å². The maximum atomic E-state index is 15.1. The summed E-state index contributed by atoms with van der Waals surface area (Å²) in [5.74, 6) is -0.0129. The lowest BCUT2D eigenvalue weighted by molar-refractivity contribution is -0.0630. The van der Waals surface area contributed by atoms with E-state index >= 15 is 4.39 Å². The van der Waals surface area contributed by atoms with Crippen LogP contribution < -0.4 is 5.43 Å². The highest BCUT2D eigenvalue weighted by atomic mass is 19.1. The maximum Gasteiger partial charge on any atom is 0.413 e. The number of nitrogens with zero attached hydrogens (tertiary/aromatic N) is 6. The second kappa shape index (κ2) is 11.2. The number of aliphatic hydroxyl groups excluding tert-OH is 1. The zero-order valence-corrected chi connectivity index (χ0v) is 26.2. The van der Waals surface area contributed by atoms with Gasteiger partial charge in [-0.15, -0.1) is 10.2 Å². The van der Waals surface area contributed by atoms with Crippen molar-refractivity contribution in [1.82, 2.24) is 30.0 Å². The Morgan fingerprint density at radius 2 is 1.93 bits per heavy atom. The summed E-state index contributed by atoms with van der Waals surface area (Å²) >= 11 is 0. The molecule has 0 aliphatic carbocycles. The maximum absolute atomic E-state index is 15.1. The van der Waals surface area contributed by atoms with Crippen molar-refractivity contribution in [2.24, 2.45) is 5.10 Å². The molecule has 1 saturated heterocycles. The van der Waals surface area contributed by atoms with Crippen molar-refractivity contribution in [2.75, 3.05) is 13.2 Å². The topological polar surface area (TPSA) is 134 Å². The summed E-state index contributed by atoms with van der Waals surface area (Å²) in [6.07, 6.45) is -1.09. The van der Waals surface area contributed by atoms with Gasteiger partial charge >= 0.3 is 6.09 Å². The number of carbonyl (C=O) groups excluding carboxylic acids is 2. The molecular weight excluding hydrogens is 581 g/mol. The number of hydrogen-bond acceptors (Lipinski definition) is 9. The van der Waals surface area contributed by atoms with Crippen LogP contribution in [0.1, 0.15) is 98.6 Å². The van der Waals surface area contributed by atoms with E-state index in [0.29, 0.717) is 34.9 Å². The SMILES string of the molecule is CC1CN(C(=O)c2cc(CC3=NNC(O)c4ccccc43)ccc2F)Cc2nnc(C3COC(C)(C)N3C(=O)OC(C)(C)C)n21. The average Bonchev–Trinajstić information content (AvgIpc) is 3.54. The number of benzene rings is 2. The second-order valence-corrected chi connectivity index (χ2v) is 13.2. The molecule has 3 aliphatic rings. The van der Waals surface area contributed by atoms with Crippen LogP contribution in [-0.2, 0) is 22.4 Å². The monoisotopic (exact) mass is 619 g/mol. The third-order valence-electron chi connectivity index (χ3n) is 8.23. The Kier molecular flexibility index (Phi) is 7.64. The van der Waals surface area contributed by atoms with E-state index in [1.54, 1.807) is 56.6 Å². The molecule has 3 unspecified atom stereocenters. The molecule has 12 nitrogen and oxygen atoms in total. The number of hydrogen-bond donors (Lipinski definition) is 2. The first kappa shape index (κ1) is 30.7. The molecule has 6 rings (SSSR count). The Hall–Kier alpha value is -4.36. The van der Waals surface area contributed by atoms with E-state index in [0.717, 1.165) is 5.56 Å². The van der Waals surface area contributed by atoms with Gasteiger partial charge in [0.25, 0.3) is 5.91 Å². The Balaban J connectivity index is 1.23. The number of hydrazone groups is 1. The summed E-state index contributed by atoms with van der Waals surface area (Å²) in [5, 5.41) is 23.4. The summed E-state index contributed by atoms with van der Waals surface area (Å²) in [4.78, 5) is 30.1. The van der Waals surface area contributed by atoms with Crippen LogP contribution in [0.15, 0.2) is 47.6 Å². The van der Waals surface area contributed by atoms with Crippen molar-refractivity contribution in [3.63, 3.8) is 0 Å². The van der Waals surface area contributed by atoms with Gasteiger partial charge in [0.1, 0.15) is 23.2 Å². The molecule has 4 heterocycles. The minimum absolute atomic E-state index is 0.0485. The lowest BCUT2D eigenvalue weighted by Crippen LogP contribution is -2.48. The summed E-state index contributed by atoms with van der Waals surface area (Å²) in [6.45, 7) is 11.6. The molecular formula is C32H38FN7O5. The molecule has 0 saturated carbocycles. The van der Waals surface area contributed by atoms with Crippen molar-refractivity contribution in [2.45, 2.75) is 84.1 Å². The fraction of sp³-hybridized carbons (Fsp3) is 0.469. The van der Waals surface area contributed by atoms with E-state index < -0.39 is 41.4 Å². The largest absolute Gasteiger partial charge is 0.444 e. The fourth-order valence-corrected chi connectivity index (χ4v) is 6.21. The van der Waals surface area contributed by atoms with E-state index in [1.165, 1.54) is 6.07 Å². The fourth-order valence-electron chi connectivity index (χ4n) is 6.21. The first-order chi connectivity index (χ1) is 21.2. The number of aliphatic hydroxyl groups is 1. The van der Waals surface area contributed by atoms with Crippen molar-refractivity contribution < 1.29 is 28.6 Å². The van der Waals surface area contributed by atoms with Crippen LogP contribution in [0.4, 0.5) is 9.18 Å². The molecule has 3 aliphatic heterocycles. The molecule has 3 aromatic rings. The predicted octanol–water partition coefficient (Wildman–Crippen LogP) is 4.22. The summed E-state index contributed by atoms with van der Waals surface area (Å²) in [6, 6.07) is 11.1. The number of nitrogens with one attached hydrogen (secondary N) is 1. The van der Waals surface area contributed by atoms with E-state index in [4.69, 9.17) is 9.47 Å². The smallest absolute Gasteiger partial charge is 0.413 e. The normalized spacial score (nSPS) is 22.3. The van der Waals surface area contributed by atoms with Crippen molar-refractivity contribution in [3.05, 3.63) is 82.2 Å². The highest BCUT2D eigenvalue weighted by molar-refractivity contribution is 6.04. The standard InChI is InChI=1S/C32H38FN7O5/c1-18-15-38(16-26-35-36-27(39(18)26)25-17-44-32(5,6)40(25)30(43)45-31(2,3)4)29(42)22-13-19(11-12-23(22)33)14-24-20-9-7-8-10-21(20)28(41)37-34-24/h7-13,18,25,28,37,41H,14-17H2,1-6H3.